The minimum atomic E-state index is -0.395. The Hall–Kier alpha value is -2.10. The first-order chi connectivity index (χ1) is 8.52. The molecular weight excluding hydrogens is 230 g/mol. The summed E-state index contributed by atoms with van der Waals surface area (Å²) in [5.41, 5.74) is 2.63. The summed E-state index contributed by atoms with van der Waals surface area (Å²) in [5.74, 6) is -0.00283. The summed E-state index contributed by atoms with van der Waals surface area (Å²) >= 11 is 0. The molecule has 0 radical (unpaired) electrons. The highest BCUT2D eigenvalue weighted by atomic mass is 16.5. The van der Waals surface area contributed by atoms with E-state index in [1.54, 1.807) is 18.3 Å². The van der Waals surface area contributed by atoms with Crippen molar-refractivity contribution in [2.75, 3.05) is 0 Å². The van der Waals surface area contributed by atoms with Crippen molar-refractivity contribution in [2.45, 2.75) is 27.2 Å². The van der Waals surface area contributed by atoms with E-state index < -0.39 is 5.97 Å². The quantitative estimate of drug-likeness (QED) is 0.353. The van der Waals surface area contributed by atoms with Crippen LogP contribution in [0.25, 0.3) is 10.9 Å². The Morgan fingerprint density at radius 2 is 2.17 bits per heavy atom. The number of esters is 1. The first-order valence-electron chi connectivity index (χ1n) is 5.86. The number of aryl methyl sites for hydroxylation is 2. The van der Waals surface area contributed by atoms with Gasteiger partial charge in [0, 0.05) is 12.5 Å². The maximum absolute atomic E-state index is 11.9. The normalized spacial score (nSPS) is 10.6. The highest BCUT2D eigenvalue weighted by Crippen LogP contribution is 2.23. The van der Waals surface area contributed by atoms with Crippen molar-refractivity contribution in [1.82, 2.24) is 0 Å². The molecule has 0 bridgehead atoms. The lowest BCUT2D eigenvalue weighted by atomic mass is 10.0. The summed E-state index contributed by atoms with van der Waals surface area (Å²) in [6.07, 6.45) is 2.39. The van der Waals surface area contributed by atoms with Gasteiger partial charge in [-0.15, -0.1) is 0 Å². The van der Waals surface area contributed by atoms with E-state index in [0.29, 0.717) is 11.3 Å². The van der Waals surface area contributed by atoms with Crippen molar-refractivity contribution >= 4 is 16.9 Å². The first kappa shape index (κ1) is 12.4. The van der Waals surface area contributed by atoms with Gasteiger partial charge in [0.2, 0.25) is 5.52 Å². The van der Waals surface area contributed by atoms with Crippen molar-refractivity contribution in [3.05, 3.63) is 40.7 Å². The second-order valence-corrected chi connectivity index (χ2v) is 4.23. The van der Waals surface area contributed by atoms with Gasteiger partial charge in [-0.2, -0.15) is 4.73 Å². The summed E-state index contributed by atoms with van der Waals surface area (Å²) in [7, 11) is 0. The molecule has 4 heteroatoms. The van der Waals surface area contributed by atoms with Crippen LogP contribution in [0, 0.1) is 12.1 Å². The van der Waals surface area contributed by atoms with Gasteiger partial charge in [0.25, 0.3) is 0 Å². The third-order valence-electron chi connectivity index (χ3n) is 3.01. The van der Waals surface area contributed by atoms with Crippen LogP contribution in [0.1, 0.15) is 25.0 Å². The maximum atomic E-state index is 11.9. The molecule has 0 amide bonds. The van der Waals surface area contributed by atoms with Gasteiger partial charge in [-0.3, -0.25) is 4.79 Å². The molecule has 1 aromatic carbocycles. The lowest BCUT2D eigenvalue weighted by molar-refractivity contribution is -0.577. The van der Waals surface area contributed by atoms with E-state index >= 15 is 0 Å². The van der Waals surface area contributed by atoms with Gasteiger partial charge in [0.1, 0.15) is 5.75 Å². The van der Waals surface area contributed by atoms with E-state index in [0.717, 1.165) is 27.7 Å². The summed E-state index contributed by atoms with van der Waals surface area (Å²) in [4.78, 5) is 10.9. The van der Waals surface area contributed by atoms with Gasteiger partial charge in [0.05, 0.1) is 11.5 Å². The van der Waals surface area contributed by atoms with Crippen molar-refractivity contribution in [1.29, 1.82) is 0 Å². The van der Waals surface area contributed by atoms with Crippen LogP contribution in [0.4, 0.5) is 0 Å². The molecule has 0 saturated carbocycles. The van der Waals surface area contributed by atoms with Crippen LogP contribution < -0.4 is 9.47 Å². The zero-order valence-corrected chi connectivity index (χ0v) is 10.7. The Balaban J connectivity index is 2.64. The Morgan fingerprint density at radius 1 is 1.44 bits per heavy atom. The predicted molar refractivity (Wildman–Crippen MR) is 68.3 cm³/mol. The highest BCUT2D eigenvalue weighted by molar-refractivity contribution is 5.82. The molecule has 0 saturated heterocycles. The number of aromatic nitrogens is 1. The summed E-state index contributed by atoms with van der Waals surface area (Å²) in [6, 6.07) is 5.11. The average Bonchev–Trinajstić information content (AvgIpc) is 2.33. The number of hydrogen-bond donors (Lipinski definition) is 0. The van der Waals surface area contributed by atoms with Crippen molar-refractivity contribution in [3.8, 4) is 5.75 Å². The van der Waals surface area contributed by atoms with Crippen LogP contribution in [0.2, 0.25) is 0 Å². The van der Waals surface area contributed by atoms with Crippen LogP contribution in [0.15, 0.2) is 24.4 Å². The predicted octanol–water partition coefficient (Wildman–Crippen LogP) is 2.27. The van der Waals surface area contributed by atoms with E-state index in [2.05, 4.69) is 0 Å². The fourth-order valence-electron chi connectivity index (χ4n) is 2.08. The molecule has 18 heavy (non-hydrogen) atoms. The van der Waals surface area contributed by atoms with Gasteiger partial charge in [-0.25, -0.2) is 0 Å². The average molecular weight is 245 g/mol. The molecule has 0 aliphatic rings. The molecule has 4 nitrogen and oxygen atoms in total. The number of rotatable bonds is 2. The largest absolute Gasteiger partial charge is 0.618 e. The van der Waals surface area contributed by atoms with Crippen LogP contribution in [-0.4, -0.2) is 5.97 Å². The standard InChI is InChI=1S/C14H15NO3/c1-4-11-8-15(17)14-7-12(18-10(3)16)5-6-13(14)9(11)2/h5-8H,4H2,1-3H3. The number of hydrogen-bond acceptors (Lipinski definition) is 3. The van der Waals surface area contributed by atoms with Crippen molar-refractivity contribution in [3.63, 3.8) is 0 Å². The summed E-state index contributed by atoms with van der Waals surface area (Å²) in [5, 5.41) is 12.8. The number of ether oxygens (including phenoxy) is 1. The fraction of sp³-hybridized carbons (Fsp3) is 0.286. The lowest BCUT2D eigenvalue weighted by Gasteiger charge is -2.09. The monoisotopic (exact) mass is 245 g/mol. The third-order valence-corrected chi connectivity index (χ3v) is 3.01. The number of carbonyl (C=O) groups excluding carboxylic acids is 1. The molecule has 0 aliphatic carbocycles. The Bertz CT molecular complexity index is 620. The second-order valence-electron chi connectivity index (χ2n) is 4.23. The molecule has 94 valence electrons. The molecule has 0 fully saturated rings. The molecular formula is C14H15NO3. The number of carbonyl (C=O) groups is 1. The van der Waals surface area contributed by atoms with Gasteiger partial charge in [-0.1, -0.05) is 6.92 Å². The van der Waals surface area contributed by atoms with Gasteiger partial charge in [-0.05, 0) is 31.0 Å². The lowest BCUT2D eigenvalue weighted by Crippen LogP contribution is -2.28. The maximum Gasteiger partial charge on any atom is 0.308 e. The van der Waals surface area contributed by atoms with Crippen molar-refractivity contribution in [2.24, 2.45) is 0 Å². The zero-order valence-electron chi connectivity index (χ0n) is 10.7. The third kappa shape index (κ3) is 2.14. The first-order valence-corrected chi connectivity index (χ1v) is 5.86. The Labute approximate surface area is 105 Å². The minimum Gasteiger partial charge on any atom is -0.618 e. The van der Waals surface area contributed by atoms with Crippen LogP contribution in [0.3, 0.4) is 0 Å². The molecule has 1 heterocycles. The summed E-state index contributed by atoms with van der Waals surface area (Å²) in [6.45, 7) is 5.34. The highest BCUT2D eigenvalue weighted by Gasteiger charge is 2.12. The van der Waals surface area contributed by atoms with Gasteiger partial charge >= 0.3 is 5.97 Å². The van der Waals surface area contributed by atoms with E-state index in [9.17, 15) is 10.0 Å². The molecule has 0 N–H and O–H groups in total. The Kier molecular flexibility index (Phi) is 3.19. The topological polar surface area (TPSA) is 53.2 Å². The number of nitrogens with zero attached hydrogens (tertiary/aromatic N) is 1. The molecule has 0 unspecified atom stereocenters. The molecule has 2 aromatic rings. The second kappa shape index (κ2) is 4.64. The summed E-state index contributed by atoms with van der Waals surface area (Å²) < 4.78 is 5.81. The van der Waals surface area contributed by atoms with E-state index in [4.69, 9.17) is 4.74 Å². The smallest absolute Gasteiger partial charge is 0.308 e. The molecule has 0 atom stereocenters. The Morgan fingerprint density at radius 3 is 2.78 bits per heavy atom. The number of benzene rings is 1. The number of pyridine rings is 1. The van der Waals surface area contributed by atoms with E-state index in [-0.39, 0.29) is 0 Å². The number of fused-ring (bicyclic) bond motifs is 1. The molecule has 1 aromatic heterocycles. The van der Waals surface area contributed by atoms with Gasteiger partial charge < -0.3 is 9.94 Å². The SMILES string of the molecule is CCc1c[n+]([O-])c2cc(OC(C)=O)ccc2c1C. The molecule has 0 spiro atoms. The van der Waals surface area contributed by atoms with Crippen LogP contribution in [-0.2, 0) is 11.2 Å². The minimum absolute atomic E-state index is 0.392. The fourth-order valence-corrected chi connectivity index (χ4v) is 2.08. The van der Waals surface area contributed by atoms with Gasteiger partial charge in [0.15, 0.2) is 6.20 Å². The molecule has 0 aliphatic heterocycles. The van der Waals surface area contributed by atoms with Crippen LogP contribution >= 0.6 is 0 Å². The van der Waals surface area contributed by atoms with E-state index in [1.807, 2.05) is 19.9 Å². The molecule has 2 rings (SSSR count). The zero-order chi connectivity index (χ0) is 13.3. The van der Waals surface area contributed by atoms with Crippen LogP contribution in [0.5, 0.6) is 5.75 Å². The van der Waals surface area contributed by atoms with E-state index in [1.165, 1.54) is 6.92 Å². The van der Waals surface area contributed by atoms with Crippen molar-refractivity contribution < 1.29 is 14.3 Å².